The van der Waals surface area contributed by atoms with Crippen molar-refractivity contribution in [3.05, 3.63) is 5.82 Å². The fourth-order valence-corrected chi connectivity index (χ4v) is 2.28. The standard InChI is InChI=1S/C12H22N4O2S/c1-5-6-16-9(7-13)14-15-11(16)19-8-10(17)18-12(2,3)4/h5-8,13H2,1-4H3. The Balaban J connectivity index is 2.62. The zero-order valence-corrected chi connectivity index (χ0v) is 12.8. The van der Waals surface area contributed by atoms with Gasteiger partial charge in [0, 0.05) is 6.54 Å². The fraction of sp³-hybridized carbons (Fsp3) is 0.750. The number of thioether (sulfide) groups is 1. The van der Waals surface area contributed by atoms with Crippen molar-refractivity contribution in [3.8, 4) is 0 Å². The number of carbonyl (C=O) groups excluding carboxylic acids is 1. The van der Waals surface area contributed by atoms with Crippen LogP contribution in [0.4, 0.5) is 0 Å². The van der Waals surface area contributed by atoms with Crippen LogP contribution in [0.1, 0.15) is 39.9 Å². The number of ether oxygens (including phenoxy) is 1. The number of hydrogen-bond donors (Lipinski definition) is 1. The SMILES string of the molecule is CCCn1c(CN)nnc1SCC(=O)OC(C)(C)C. The third kappa shape index (κ3) is 5.20. The van der Waals surface area contributed by atoms with Gasteiger partial charge < -0.3 is 15.0 Å². The summed E-state index contributed by atoms with van der Waals surface area (Å²) in [6.07, 6.45) is 0.963. The van der Waals surface area contributed by atoms with E-state index in [2.05, 4.69) is 17.1 Å². The average Bonchev–Trinajstić information content (AvgIpc) is 2.67. The first kappa shape index (κ1) is 16.0. The normalized spacial score (nSPS) is 11.6. The van der Waals surface area contributed by atoms with Crippen LogP contribution in [0, 0.1) is 0 Å². The molecule has 108 valence electrons. The van der Waals surface area contributed by atoms with Gasteiger partial charge in [-0.25, -0.2) is 0 Å². The van der Waals surface area contributed by atoms with Crippen LogP contribution in [0.25, 0.3) is 0 Å². The summed E-state index contributed by atoms with van der Waals surface area (Å²) in [6.45, 7) is 8.77. The van der Waals surface area contributed by atoms with E-state index in [1.54, 1.807) is 0 Å². The lowest BCUT2D eigenvalue weighted by atomic mass is 10.2. The van der Waals surface area contributed by atoms with Gasteiger partial charge in [0.2, 0.25) is 0 Å². The Bertz CT molecular complexity index is 426. The molecule has 0 saturated heterocycles. The average molecular weight is 286 g/mol. The molecule has 0 atom stereocenters. The summed E-state index contributed by atoms with van der Waals surface area (Å²) in [7, 11) is 0. The molecule has 2 N–H and O–H groups in total. The minimum atomic E-state index is -0.461. The van der Waals surface area contributed by atoms with Crippen LogP contribution < -0.4 is 5.73 Å². The molecule has 0 amide bonds. The maximum atomic E-state index is 11.7. The Labute approximate surface area is 118 Å². The van der Waals surface area contributed by atoms with Crippen LogP contribution in [0.2, 0.25) is 0 Å². The zero-order valence-electron chi connectivity index (χ0n) is 12.0. The molecule has 1 aromatic heterocycles. The molecule has 0 aromatic carbocycles. The second-order valence-corrected chi connectivity index (χ2v) is 6.07. The number of aromatic nitrogens is 3. The van der Waals surface area contributed by atoms with Crippen molar-refractivity contribution in [1.29, 1.82) is 0 Å². The highest BCUT2D eigenvalue weighted by Gasteiger charge is 2.18. The Morgan fingerprint density at radius 2 is 2.11 bits per heavy atom. The number of nitrogens with zero attached hydrogens (tertiary/aromatic N) is 3. The molecule has 1 heterocycles. The summed E-state index contributed by atoms with van der Waals surface area (Å²) >= 11 is 1.33. The van der Waals surface area contributed by atoms with E-state index in [0.29, 0.717) is 11.7 Å². The van der Waals surface area contributed by atoms with Gasteiger partial charge in [0.15, 0.2) is 5.16 Å². The maximum Gasteiger partial charge on any atom is 0.316 e. The summed E-state index contributed by atoms with van der Waals surface area (Å²) in [4.78, 5) is 11.7. The van der Waals surface area contributed by atoms with Crippen molar-refractivity contribution in [2.75, 3.05) is 5.75 Å². The molecule has 0 aliphatic heterocycles. The molecule has 7 heteroatoms. The highest BCUT2D eigenvalue weighted by Crippen LogP contribution is 2.19. The van der Waals surface area contributed by atoms with Gasteiger partial charge >= 0.3 is 5.97 Å². The van der Waals surface area contributed by atoms with Crippen LogP contribution in [0.3, 0.4) is 0 Å². The lowest BCUT2D eigenvalue weighted by Crippen LogP contribution is -2.25. The molecule has 0 spiro atoms. The number of rotatable bonds is 6. The smallest absolute Gasteiger partial charge is 0.316 e. The molecule has 0 saturated carbocycles. The number of hydrogen-bond acceptors (Lipinski definition) is 6. The summed E-state index contributed by atoms with van der Waals surface area (Å²) in [6, 6.07) is 0. The highest BCUT2D eigenvalue weighted by atomic mass is 32.2. The lowest BCUT2D eigenvalue weighted by molar-refractivity contribution is -0.151. The first-order valence-corrected chi connectivity index (χ1v) is 7.32. The predicted molar refractivity (Wildman–Crippen MR) is 74.8 cm³/mol. The second-order valence-electron chi connectivity index (χ2n) is 5.13. The van der Waals surface area contributed by atoms with Crippen LogP contribution in [0.5, 0.6) is 0 Å². The summed E-state index contributed by atoms with van der Waals surface area (Å²) in [5.41, 5.74) is 5.15. The fourth-order valence-electron chi connectivity index (χ4n) is 1.52. The molecular formula is C12H22N4O2S. The number of nitrogens with two attached hydrogens (primary N) is 1. The van der Waals surface area contributed by atoms with E-state index in [0.717, 1.165) is 18.8 Å². The predicted octanol–water partition coefficient (Wildman–Crippen LogP) is 1.58. The molecule has 0 bridgehead atoms. The van der Waals surface area contributed by atoms with Crippen molar-refractivity contribution >= 4 is 17.7 Å². The van der Waals surface area contributed by atoms with E-state index in [9.17, 15) is 4.79 Å². The summed E-state index contributed by atoms with van der Waals surface area (Å²) in [5, 5.41) is 8.80. The van der Waals surface area contributed by atoms with Gasteiger partial charge in [-0.05, 0) is 27.2 Å². The topological polar surface area (TPSA) is 83.0 Å². The summed E-state index contributed by atoms with van der Waals surface area (Å²) < 4.78 is 7.20. The Morgan fingerprint density at radius 3 is 2.63 bits per heavy atom. The summed E-state index contributed by atoms with van der Waals surface area (Å²) in [5.74, 6) is 0.718. The van der Waals surface area contributed by atoms with Gasteiger partial charge in [-0.2, -0.15) is 0 Å². The highest BCUT2D eigenvalue weighted by molar-refractivity contribution is 7.99. The second kappa shape index (κ2) is 6.91. The Kier molecular flexibility index (Phi) is 5.81. The van der Waals surface area contributed by atoms with Crippen molar-refractivity contribution < 1.29 is 9.53 Å². The van der Waals surface area contributed by atoms with Gasteiger partial charge in [-0.3, -0.25) is 4.79 Å². The minimum Gasteiger partial charge on any atom is -0.459 e. The van der Waals surface area contributed by atoms with Crippen molar-refractivity contribution in [1.82, 2.24) is 14.8 Å². The molecule has 0 aliphatic rings. The third-order valence-corrected chi connectivity index (χ3v) is 3.10. The molecule has 0 aliphatic carbocycles. The van der Waals surface area contributed by atoms with E-state index in [-0.39, 0.29) is 11.7 Å². The molecular weight excluding hydrogens is 264 g/mol. The van der Waals surface area contributed by atoms with E-state index in [1.165, 1.54) is 11.8 Å². The van der Waals surface area contributed by atoms with E-state index in [1.807, 2.05) is 25.3 Å². The molecule has 0 unspecified atom stereocenters. The quantitative estimate of drug-likeness (QED) is 0.631. The number of carbonyl (C=O) groups is 1. The minimum absolute atomic E-state index is 0.226. The lowest BCUT2D eigenvalue weighted by Gasteiger charge is -2.19. The molecule has 0 fully saturated rings. The maximum absolute atomic E-state index is 11.7. The molecule has 1 aromatic rings. The number of esters is 1. The zero-order chi connectivity index (χ0) is 14.5. The van der Waals surface area contributed by atoms with E-state index < -0.39 is 5.60 Å². The van der Waals surface area contributed by atoms with Crippen LogP contribution in [-0.4, -0.2) is 32.1 Å². The first-order chi connectivity index (χ1) is 8.87. The van der Waals surface area contributed by atoms with Gasteiger partial charge in [0.25, 0.3) is 0 Å². The van der Waals surface area contributed by atoms with E-state index in [4.69, 9.17) is 10.5 Å². The molecule has 0 radical (unpaired) electrons. The van der Waals surface area contributed by atoms with Crippen LogP contribution in [-0.2, 0) is 22.6 Å². The van der Waals surface area contributed by atoms with Crippen molar-refractivity contribution in [3.63, 3.8) is 0 Å². The Hall–Kier alpha value is -1.08. The first-order valence-electron chi connectivity index (χ1n) is 6.34. The van der Waals surface area contributed by atoms with E-state index >= 15 is 0 Å². The molecule has 19 heavy (non-hydrogen) atoms. The molecule has 1 rings (SSSR count). The van der Waals surface area contributed by atoms with Gasteiger partial charge in [-0.1, -0.05) is 18.7 Å². The van der Waals surface area contributed by atoms with Gasteiger partial charge in [0.05, 0.1) is 12.3 Å². The van der Waals surface area contributed by atoms with Gasteiger partial charge in [0.1, 0.15) is 11.4 Å². The van der Waals surface area contributed by atoms with Crippen LogP contribution >= 0.6 is 11.8 Å². The Morgan fingerprint density at radius 1 is 1.42 bits per heavy atom. The van der Waals surface area contributed by atoms with Crippen LogP contribution in [0.15, 0.2) is 5.16 Å². The largest absolute Gasteiger partial charge is 0.459 e. The molecule has 6 nitrogen and oxygen atoms in total. The third-order valence-electron chi connectivity index (χ3n) is 2.16. The van der Waals surface area contributed by atoms with Crippen molar-refractivity contribution in [2.24, 2.45) is 5.73 Å². The van der Waals surface area contributed by atoms with Crippen molar-refractivity contribution in [2.45, 2.75) is 58.0 Å². The monoisotopic (exact) mass is 286 g/mol. The van der Waals surface area contributed by atoms with Gasteiger partial charge in [-0.15, -0.1) is 10.2 Å².